The van der Waals surface area contributed by atoms with Gasteiger partial charge in [0.25, 0.3) is 5.91 Å². The zero-order valence-electron chi connectivity index (χ0n) is 17.7. The minimum atomic E-state index is -0.437. The Labute approximate surface area is 182 Å². The smallest absolute Gasteiger partial charge is 0.272 e. The topological polar surface area (TPSA) is 73.7 Å². The van der Waals surface area contributed by atoms with Crippen molar-refractivity contribution in [3.63, 3.8) is 0 Å². The van der Waals surface area contributed by atoms with Crippen molar-refractivity contribution >= 4 is 11.8 Å². The second-order valence-corrected chi connectivity index (χ2v) is 9.16. The molecule has 31 heavy (non-hydrogen) atoms. The lowest BCUT2D eigenvalue weighted by molar-refractivity contribution is -0.198. The van der Waals surface area contributed by atoms with Crippen LogP contribution in [0.1, 0.15) is 54.1 Å². The monoisotopic (exact) mass is 419 g/mol. The molecule has 1 N–H and O–H groups in total. The molecule has 0 unspecified atom stereocenters. The van der Waals surface area contributed by atoms with Crippen LogP contribution in [0.3, 0.4) is 0 Å². The molecule has 1 aromatic carbocycles. The van der Waals surface area contributed by atoms with Gasteiger partial charge in [-0.3, -0.25) is 14.6 Å². The lowest BCUT2D eigenvalue weighted by atomic mass is 9.60. The van der Waals surface area contributed by atoms with Gasteiger partial charge in [-0.1, -0.05) is 55.7 Å². The van der Waals surface area contributed by atoms with Crippen LogP contribution in [0.25, 0.3) is 0 Å². The Bertz CT molecular complexity index is 937. The van der Waals surface area contributed by atoms with Crippen LogP contribution in [-0.4, -0.2) is 63.0 Å². The second kappa shape index (κ2) is 8.08. The first-order valence-corrected chi connectivity index (χ1v) is 11.3. The van der Waals surface area contributed by atoms with E-state index >= 15 is 0 Å². The predicted molar refractivity (Wildman–Crippen MR) is 116 cm³/mol. The fraction of sp³-hybridized carbons (Fsp3) is 0.480. The van der Waals surface area contributed by atoms with Gasteiger partial charge < -0.3 is 14.9 Å². The Hall–Kier alpha value is -2.73. The minimum absolute atomic E-state index is 0.0269. The number of carbonyl (C=O) groups excluding carboxylic acids is 2. The zero-order chi connectivity index (χ0) is 21.4. The van der Waals surface area contributed by atoms with Gasteiger partial charge >= 0.3 is 0 Å². The summed E-state index contributed by atoms with van der Waals surface area (Å²) in [5, 5.41) is 10.3. The summed E-state index contributed by atoms with van der Waals surface area (Å²) in [6.07, 6.45) is 6.85. The van der Waals surface area contributed by atoms with E-state index in [0.717, 1.165) is 31.2 Å². The molecule has 6 nitrogen and oxygen atoms in total. The summed E-state index contributed by atoms with van der Waals surface area (Å²) in [5.74, 6) is 0.127. The van der Waals surface area contributed by atoms with Crippen LogP contribution in [0, 0.1) is 5.92 Å². The molecular weight excluding hydrogens is 390 g/mol. The minimum Gasteiger partial charge on any atom is -0.394 e. The molecule has 3 fully saturated rings. The molecule has 2 aromatic rings. The lowest BCUT2D eigenvalue weighted by Gasteiger charge is -2.70. The quantitative estimate of drug-likeness (QED) is 0.827. The van der Waals surface area contributed by atoms with Crippen molar-refractivity contribution in [3.8, 4) is 0 Å². The Balaban J connectivity index is 1.43. The van der Waals surface area contributed by atoms with Crippen molar-refractivity contribution in [2.75, 3.05) is 19.7 Å². The number of benzene rings is 1. The van der Waals surface area contributed by atoms with Gasteiger partial charge in [-0.2, -0.15) is 0 Å². The SMILES string of the molecule is O=C(c1ccccn1)N1CC2(C1)[C@H](c1ccccc1)[C@@H](CO)N2C(=O)C1CCCCC1. The summed E-state index contributed by atoms with van der Waals surface area (Å²) in [5.41, 5.74) is 1.12. The molecular formula is C25H29N3O3. The van der Waals surface area contributed by atoms with Gasteiger partial charge in [-0.15, -0.1) is 0 Å². The average molecular weight is 420 g/mol. The molecule has 6 heteroatoms. The Morgan fingerprint density at radius 3 is 2.35 bits per heavy atom. The molecule has 2 atom stereocenters. The van der Waals surface area contributed by atoms with Gasteiger partial charge in [0.1, 0.15) is 5.69 Å². The van der Waals surface area contributed by atoms with Gasteiger partial charge in [-0.25, -0.2) is 0 Å². The maximum atomic E-state index is 13.6. The molecule has 0 bridgehead atoms. The number of likely N-dealkylation sites (tertiary alicyclic amines) is 2. The van der Waals surface area contributed by atoms with Crippen molar-refractivity contribution in [2.45, 2.75) is 49.6 Å². The van der Waals surface area contributed by atoms with E-state index in [1.165, 1.54) is 6.42 Å². The molecule has 1 aromatic heterocycles. The standard InChI is InChI=1S/C25H29N3O3/c29-15-21-22(18-9-3-1-4-10-18)25(28(21)23(30)19-11-5-2-6-12-19)16-27(17-25)24(31)20-13-7-8-14-26-20/h1,3-4,7-10,13-14,19,21-22,29H,2,5-6,11-12,15-17H2/t21-,22-/m1/s1. The van der Waals surface area contributed by atoms with Crippen LogP contribution >= 0.6 is 0 Å². The summed E-state index contributed by atoms with van der Waals surface area (Å²) in [4.78, 5) is 34.4. The Morgan fingerprint density at radius 2 is 1.71 bits per heavy atom. The zero-order valence-corrected chi connectivity index (χ0v) is 17.7. The van der Waals surface area contributed by atoms with Crippen LogP contribution in [-0.2, 0) is 4.79 Å². The summed E-state index contributed by atoms with van der Waals surface area (Å²) in [7, 11) is 0. The Morgan fingerprint density at radius 1 is 1.00 bits per heavy atom. The number of aliphatic hydroxyl groups is 1. The molecule has 2 amide bonds. The first kappa shape index (κ1) is 20.2. The van der Waals surface area contributed by atoms with E-state index in [-0.39, 0.29) is 36.3 Å². The maximum Gasteiger partial charge on any atom is 0.272 e. The molecule has 1 aliphatic carbocycles. The molecule has 2 saturated heterocycles. The van der Waals surface area contributed by atoms with E-state index in [4.69, 9.17) is 0 Å². The van der Waals surface area contributed by atoms with Gasteiger partial charge in [0, 0.05) is 31.1 Å². The highest BCUT2D eigenvalue weighted by atomic mass is 16.3. The molecule has 2 aliphatic heterocycles. The van der Waals surface area contributed by atoms with Crippen molar-refractivity contribution in [3.05, 3.63) is 66.0 Å². The predicted octanol–water partition coefficient (Wildman–Crippen LogP) is 2.84. The number of amides is 2. The number of rotatable bonds is 4. The maximum absolute atomic E-state index is 13.6. The first-order chi connectivity index (χ1) is 15.2. The highest BCUT2D eigenvalue weighted by molar-refractivity contribution is 5.93. The molecule has 3 heterocycles. The van der Waals surface area contributed by atoms with Gasteiger partial charge in [0.05, 0.1) is 18.2 Å². The third-order valence-corrected chi connectivity index (χ3v) is 7.41. The third kappa shape index (κ3) is 3.24. The molecule has 1 spiro atoms. The average Bonchev–Trinajstić information content (AvgIpc) is 2.79. The summed E-state index contributed by atoms with van der Waals surface area (Å²) < 4.78 is 0. The fourth-order valence-corrected chi connectivity index (χ4v) is 5.97. The number of hydrogen-bond donors (Lipinski definition) is 1. The summed E-state index contributed by atoms with van der Waals surface area (Å²) in [6.45, 7) is 0.905. The van der Waals surface area contributed by atoms with E-state index in [2.05, 4.69) is 17.1 Å². The van der Waals surface area contributed by atoms with Crippen molar-refractivity contribution in [2.24, 2.45) is 5.92 Å². The van der Waals surface area contributed by atoms with Crippen LogP contribution in [0.2, 0.25) is 0 Å². The molecule has 5 rings (SSSR count). The van der Waals surface area contributed by atoms with Gasteiger partial charge in [0.15, 0.2) is 0 Å². The molecule has 162 valence electrons. The van der Waals surface area contributed by atoms with E-state index in [9.17, 15) is 14.7 Å². The van der Waals surface area contributed by atoms with E-state index < -0.39 is 5.54 Å². The molecule has 1 saturated carbocycles. The van der Waals surface area contributed by atoms with Crippen LogP contribution < -0.4 is 0 Å². The number of aliphatic hydroxyl groups excluding tert-OH is 1. The van der Waals surface area contributed by atoms with Crippen molar-refractivity contribution < 1.29 is 14.7 Å². The van der Waals surface area contributed by atoms with E-state index in [0.29, 0.717) is 18.8 Å². The van der Waals surface area contributed by atoms with Crippen molar-refractivity contribution in [1.29, 1.82) is 0 Å². The summed E-state index contributed by atoms with van der Waals surface area (Å²) >= 11 is 0. The summed E-state index contributed by atoms with van der Waals surface area (Å²) in [6, 6.07) is 15.2. The van der Waals surface area contributed by atoms with Gasteiger partial charge in [0.2, 0.25) is 5.91 Å². The first-order valence-electron chi connectivity index (χ1n) is 11.3. The molecule has 3 aliphatic rings. The van der Waals surface area contributed by atoms with Crippen molar-refractivity contribution in [1.82, 2.24) is 14.8 Å². The highest BCUT2D eigenvalue weighted by Crippen LogP contribution is 2.55. The highest BCUT2D eigenvalue weighted by Gasteiger charge is 2.68. The van der Waals surface area contributed by atoms with Crippen LogP contribution in [0.15, 0.2) is 54.7 Å². The third-order valence-electron chi connectivity index (χ3n) is 7.41. The lowest BCUT2D eigenvalue weighted by Crippen LogP contribution is -2.86. The van der Waals surface area contributed by atoms with E-state index in [1.807, 2.05) is 29.2 Å². The van der Waals surface area contributed by atoms with Gasteiger partial charge in [-0.05, 0) is 30.5 Å². The fourth-order valence-electron chi connectivity index (χ4n) is 5.97. The Kier molecular flexibility index (Phi) is 5.26. The number of carbonyl (C=O) groups is 2. The number of pyridine rings is 1. The number of aromatic nitrogens is 1. The van der Waals surface area contributed by atoms with Crippen LogP contribution in [0.4, 0.5) is 0 Å². The molecule has 0 radical (unpaired) electrons. The number of hydrogen-bond acceptors (Lipinski definition) is 4. The second-order valence-electron chi connectivity index (χ2n) is 9.16. The number of nitrogens with zero attached hydrogens (tertiary/aromatic N) is 3. The van der Waals surface area contributed by atoms with Crippen LogP contribution in [0.5, 0.6) is 0 Å². The van der Waals surface area contributed by atoms with E-state index in [1.54, 1.807) is 23.2 Å². The largest absolute Gasteiger partial charge is 0.394 e. The normalized spacial score (nSPS) is 25.1.